The van der Waals surface area contributed by atoms with Crippen LogP contribution in [-0.4, -0.2) is 91.8 Å². The third-order valence-electron chi connectivity index (χ3n) is 7.66. The molecule has 1 N–H and O–H groups in total. The number of hydrogen-bond acceptors (Lipinski definition) is 5. The number of rotatable bonds is 10. The Kier molecular flexibility index (Phi) is 11.4. The zero-order valence-electron chi connectivity index (χ0n) is 23.2. The number of carbonyl (C=O) groups is 2. The molecule has 0 aromatic heterocycles. The molecule has 2 heterocycles. The largest absolute Gasteiger partial charge is 0.399 e. The van der Waals surface area contributed by atoms with Gasteiger partial charge in [0.15, 0.2) is 0 Å². The Morgan fingerprint density at radius 1 is 1.07 bits per heavy atom. The maximum absolute atomic E-state index is 13.3. The minimum Gasteiger partial charge on any atom is -0.399 e. The number of hydrogen-bond donors (Lipinski definition) is 1. The fourth-order valence-electron chi connectivity index (χ4n) is 5.55. The lowest BCUT2D eigenvalue weighted by Crippen LogP contribution is -2.54. The van der Waals surface area contributed by atoms with Crippen LogP contribution >= 0.6 is 46.4 Å². The van der Waals surface area contributed by atoms with Crippen molar-refractivity contribution >= 4 is 64.1 Å². The summed E-state index contributed by atoms with van der Waals surface area (Å²) >= 11 is 24.9. The zero-order valence-corrected chi connectivity index (χ0v) is 26.2. The van der Waals surface area contributed by atoms with Crippen LogP contribution in [0.25, 0.3) is 0 Å². The van der Waals surface area contributed by atoms with Gasteiger partial charge in [-0.25, -0.2) is 4.79 Å². The zero-order chi connectivity index (χ0) is 29.5. The molecule has 2 aliphatic heterocycles. The van der Waals surface area contributed by atoms with Gasteiger partial charge in [0.1, 0.15) is 7.11 Å². The van der Waals surface area contributed by atoms with Crippen LogP contribution in [-0.2, 0) is 4.84 Å². The number of urea groups is 1. The molecule has 1 atom stereocenters. The molecule has 41 heavy (non-hydrogen) atoms. The lowest BCUT2D eigenvalue weighted by molar-refractivity contribution is 0.0812. The van der Waals surface area contributed by atoms with Gasteiger partial charge in [0, 0.05) is 60.8 Å². The standard InChI is InChI=1S/C29H35Cl4N5O3/c1-36(28(39)20-14-21(30)17-22(31)15-20)18-27(35-41-2)24(19-4-5-25(32)26(33)16-19)8-13-37-11-6-23(7-12-37)38-10-3-9-34-29(38)40/h4-5,14-17,23-24H,3,6-13,18H2,1-2H3,(H,34,40)/b35-27+. The Balaban J connectivity index is 1.48. The first-order chi connectivity index (χ1) is 19.7. The number of nitrogens with one attached hydrogen (secondary N) is 1. The van der Waals surface area contributed by atoms with E-state index in [2.05, 4.69) is 15.4 Å². The van der Waals surface area contributed by atoms with Crippen LogP contribution in [0.15, 0.2) is 41.6 Å². The predicted molar refractivity (Wildman–Crippen MR) is 166 cm³/mol. The number of benzene rings is 2. The van der Waals surface area contributed by atoms with E-state index in [0.29, 0.717) is 31.4 Å². The van der Waals surface area contributed by atoms with Gasteiger partial charge in [-0.15, -0.1) is 0 Å². The second-order valence-corrected chi connectivity index (χ2v) is 12.1. The van der Waals surface area contributed by atoms with Crippen LogP contribution in [0.4, 0.5) is 4.79 Å². The van der Waals surface area contributed by atoms with Crippen molar-refractivity contribution in [3.05, 3.63) is 67.6 Å². The highest BCUT2D eigenvalue weighted by Gasteiger charge is 2.30. The van der Waals surface area contributed by atoms with Crippen LogP contribution in [0.2, 0.25) is 20.1 Å². The minimum atomic E-state index is -0.241. The second-order valence-electron chi connectivity index (χ2n) is 10.5. The monoisotopic (exact) mass is 641 g/mol. The summed E-state index contributed by atoms with van der Waals surface area (Å²) in [5.41, 5.74) is 1.99. The Labute approximate surface area is 261 Å². The summed E-state index contributed by atoms with van der Waals surface area (Å²) in [4.78, 5) is 36.8. The van der Waals surface area contributed by atoms with E-state index in [4.69, 9.17) is 51.2 Å². The Morgan fingerprint density at radius 3 is 2.41 bits per heavy atom. The van der Waals surface area contributed by atoms with Crippen molar-refractivity contribution in [2.45, 2.75) is 37.6 Å². The molecule has 4 rings (SSSR count). The van der Waals surface area contributed by atoms with E-state index in [1.807, 2.05) is 17.0 Å². The highest BCUT2D eigenvalue weighted by molar-refractivity contribution is 6.42. The number of oxime groups is 1. The smallest absolute Gasteiger partial charge is 0.317 e. The van der Waals surface area contributed by atoms with Gasteiger partial charge in [0.25, 0.3) is 5.91 Å². The van der Waals surface area contributed by atoms with Gasteiger partial charge in [0.2, 0.25) is 0 Å². The van der Waals surface area contributed by atoms with Gasteiger partial charge in [-0.3, -0.25) is 4.79 Å². The Hall–Kier alpha value is -2.23. The molecule has 3 amide bonds. The van der Waals surface area contributed by atoms with E-state index in [0.717, 1.165) is 64.0 Å². The minimum absolute atomic E-state index is 0.0495. The molecule has 0 bridgehead atoms. The maximum Gasteiger partial charge on any atom is 0.317 e. The summed E-state index contributed by atoms with van der Waals surface area (Å²) in [6.45, 7) is 4.38. The first kappa shape index (κ1) is 31.7. The Morgan fingerprint density at radius 2 is 1.78 bits per heavy atom. The average Bonchev–Trinajstić information content (AvgIpc) is 2.94. The SMILES string of the molecule is CO/N=C(\CN(C)C(=O)c1cc(Cl)cc(Cl)c1)C(CCN1CCC(N2CCCNC2=O)CC1)c1ccc(Cl)c(Cl)c1. The average molecular weight is 643 g/mol. The number of nitrogens with zero attached hydrogens (tertiary/aromatic N) is 4. The highest BCUT2D eigenvalue weighted by Crippen LogP contribution is 2.31. The van der Waals surface area contributed by atoms with Gasteiger partial charge in [-0.05, 0) is 68.1 Å². The van der Waals surface area contributed by atoms with Crippen LogP contribution in [0, 0.1) is 0 Å². The van der Waals surface area contributed by atoms with E-state index in [1.54, 1.807) is 36.2 Å². The molecule has 1 unspecified atom stereocenters. The summed E-state index contributed by atoms with van der Waals surface area (Å²) in [5, 5.41) is 9.02. The third kappa shape index (κ3) is 8.42. The molecule has 8 nitrogen and oxygen atoms in total. The molecule has 2 aromatic rings. The van der Waals surface area contributed by atoms with Crippen molar-refractivity contribution in [2.24, 2.45) is 5.16 Å². The molecule has 2 saturated heterocycles. The third-order valence-corrected chi connectivity index (χ3v) is 8.83. The van der Waals surface area contributed by atoms with Crippen molar-refractivity contribution in [2.75, 3.05) is 53.4 Å². The predicted octanol–water partition coefficient (Wildman–Crippen LogP) is 6.43. The number of piperidine rings is 1. The highest BCUT2D eigenvalue weighted by atomic mass is 35.5. The lowest BCUT2D eigenvalue weighted by atomic mass is 9.89. The normalized spacial score (nSPS) is 17.8. The van der Waals surface area contributed by atoms with E-state index in [1.165, 1.54) is 7.11 Å². The molecule has 0 aliphatic carbocycles. The van der Waals surface area contributed by atoms with Crippen molar-refractivity contribution in [1.29, 1.82) is 0 Å². The topological polar surface area (TPSA) is 77.5 Å². The summed E-state index contributed by atoms with van der Waals surface area (Å²) < 4.78 is 0. The van der Waals surface area contributed by atoms with Gasteiger partial charge in [-0.1, -0.05) is 57.6 Å². The summed E-state index contributed by atoms with van der Waals surface area (Å²) in [6, 6.07) is 10.6. The molecule has 0 radical (unpaired) electrons. The van der Waals surface area contributed by atoms with Crippen LogP contribution < -0.4 is 5.32 Å². The lowest BCUT2D eigenvalue weighted by Gasteiger charge is -2.40. The summed E-state index contributed by atoms with van der Waals surface area (Å²) in [5.74, 6) is -0.427. The molecule has 12 heteroatoms. The van der Waals surface area contributed by atoms with Gasteiger partial charge in [0.05, 0.1) is 22.3 Å². The number of halogens is 4. The molecule has 2 aromatic carbocycles. The van der Waals surface area contributed by atoms with Gasteiger partial charge in [-0.2, -0.15) is 0 Å². The number of carbonyl (C=O) groups excluding carboxylic acids is 2. The van der Waals surface area contributed by atoms with E-state index < -0.39 is 0 Å². The molecular weight excluding hydrogens is 608 g/mol. The number of amides is 3. The Bertz CT molecular complexity index is 1250. The van der Waals surface area contributed by atoms with E-state index in [-0.39, 0.29) is 30.4 Å². The van der Waals surface area contributed by atoms with E-state index in [9.17, 15) is 9.59 Å². The molecule has 222 valence electrons. The first-order valence-electron chi connectivity index (χ1n) is 13.7. The van der Waals surface area contributed by atoms with Crippen LogP contribution in [0.3, 0.4) is 0 Å². The molecule has 0 saturated carbocycles. The fourth-order valence-corrected chi connectivity index (χ4v) is 6.38. The quantitative estimate of drug-likeness (QED) is 0.239. The van der Waals surface area contributed by atoms with Crippen molar-refractivity contribution in [3.8, 4) is 0 Å². The van der Waals surface area contributed by atoms with E-state index >= 15 is 0 Å². The van der Waals surface area contributed by atoms with Crippen molar-refractivity contribution in [1.82, 2.24) is 20.0 Å². The second kappa shape index (κ2) is 14.8. The summed E-state index contributed by atoms with van der Waals surface area (Å²) in [7, 11) is 3.20. The van der Waals surface area contributed by atoms with Crippen LogP contribution in [0.5, 0.6) is 0 Å². The van der Waals surface area contributed by atoms with Crippen LogP contribution in [0.1, 0.15) is 47.5 Å². The molecular formula is C29H35Cl4N5O3. The van der Waals surface area contributed by atoms with Crippen molar-refractivity contribution < 1.29 is 14.4 Å². The van der Waals surface area contributed by atoms with Gasteiger partial charge < -0.3 is 24.9 Å². The van der Waals surface area contributed by atoms with Crippen molar-refractivity contribution in [3.63, 3.8) is 0 Å². The summed E-state index contributed by atoms with van der Waals surface area (Å²) in [6.07, 6.45) is 3.58. The first-order valence-corrected chi connectivity index (χ1v) is 15.2. The molecule has 0 spiro atoms. The number of likely N-dealkylation sites (tertiary alicyclic amines) is 1. The fraction of sp³-hybridized carbons (Fsp3) is 0.483. The van der Waals surface area contributed by atoms with Gasteiger partial charge >= 0.3 is 6.03 Å². The molecule has 2 fully saturated rings. The maximum atomic E-state index is 13.3. The molecule has 2 aliphatic rings.